The van der Waals surface area contributed by atoms with E-state index in [4.69, 9.17) is 0 Å². The third-order valence-corrected chi connectivity index (χ3v) is 3.66. The molecule has 0 N–H and O–H groups in total. The maximum Gasteiger partial charge on any atom is 0.153 e. The van der Waals surface area contributed by atoms with Crippen molar-refractivity contribution < 1.29 is 13.6 Å². The van der Waals surface area contributed by atoms with Gasteiger partial charge in [-0.1, -0.05) is 6.07 Å². The number of thiophene rings is 1. The molecule has 3 rings (SSSR count). The Morgan fingerprint density at radius 3 is 2.75 bits per heavy atom. The summed E-state index contributed by atoms with van der Waals surface area (Å²) < 4.78 is 27.9. The number of aromatic nitrogens is 2. The van der Waals surface area contributed by atoms with Crippen molar-refractivity contribution in [3.05, 3.63) is 59.1 Å². The van der Waals surface area contributed by atoms with Gasteiger partial charge in [0.15, 0.2) is 12.1 Å². The number of rotatable bonds is 3. The summed E-state index contributed by atoms with van der Waals surface area (Å²) in [5, 5.41) is 6.08. The number of halogens is 2. The molecule has 2 heterocycles. The van der Waals surface area contributed by atoms with E-state index in [0.717, 1.165) is 17.0 Å². The van der Waals surface area contributed by atoms with E-state index in [-0.39, 0.29) is 5.69 Å². The minimum Gasteiger partial charge on any atom is -0.298 e. The van der Waals surface area contributed by atoms with Gasteiger partial charge in [0.25, 0.3) is 0 Å². The first-order chi connectivity index (χ1) is 9.69. The summed E-state index contributed by atoms with van der Waals surface area (Å²) >= 11 is 1.43. The van der Waals surface area contributed by atoms with Crippen LogP contribution in [-0.2, 0) is 0 Å². The van der Waals surface area contributed by atoms with Crippen LogP contribution in [-0.4, -0.2) is 16.1 Å². The maximum absolute atomic E-state index is 13.7. The molecule has 0 saturated heterocycles. The molecular weight excluding hydrogens is 282 g/mol. The second kappa shape index (κ2) is 4.97. The van der Waals surface area contributed by atoms with Gasteiger partial charge in [-0.15, -0.1) is 11.3 Å². The predicted molar refractivity (Wildman–Crippen MR) is 72.2 cm³/mol. The Morgan fingerprint density at radius 2 is 2.10 bits per heavy atom. The molecule has 0 bridgehead atoms. The zero-order valence-electron chi connectivity index (χ0n) is 10.1. The molecule has 0 aliphatic carbocycles. The molecule has 0 aliphatic heterocycles. The number of hydrogen-bond acceptors (Lipinski definition) is 3. The molecule has 3 nitrogen and oxygen atoms in total. The molecule has 0 amide bonds. The normalized spacial score (nSPS) is 10.7. The van der Waals surface area contributed by atoms with E-state index < -0.39 is 11.6 Å². The lowest BCUT2D eigenvalue weighted by Gasteiger charge is -2.02. The molecule has 0 unspecified atom stereocenters. The Balaban J connectivity index is 2.14. The van der Waals surface area contributed by atoms with Gasteiger partial charge in [0.05, 0.1) is 10.4 Å². The summed E-state index contributed by atoms with van der Waals surface area (Å²) in [4.78, 5) is 11.9. The van der Waals surface area contributed by atoms with Crippen LogP contribution in [0.3, 0.4) is 0 Å². The minimum absolute atomic E-state index is 0.0947. The lowest BCUT2D eigenvalue weighted by atomic mass is 10.2. The number of carbonyl (C=O) groups excluding carboxylic acids is 1. The molecule has 6 heteroatoms. The molecule has 0 atom stereocenters. The van der Waals surface area contributed by atoms with Crippen molar-refractivity contribution in [3.63, 3.8) is 0 Å². The van der Waals surface area contributed by atoms with Crippen molar-refractivity contribution in [2.24, 2.45) is 0 Å². The number of aldehydes is 1. The first-order valence-corrected chi connectivity index (χ1v) is 6.61. The predicted octanol–water partition coefficient (Wildman–Crippen LogP) is 3.69. The molecular formula is C14H8F2N2OS. The van der Waals surface area contributed by atoms with Gasteiger partial charge in [0, 0.05) is 12.3 Å². The number of benzene rings is 1. The molecule has 0 aliphatic rings. The van der Waals surface area contributed by atoms with Crippen molar-refractivity contribution in [2.75, 3.05) is 0 Å². The lowest BCUT2D eigenvalue weighted by molar-refractivity contribution is 0.112. The Hall–Kier alpha value is -2.34. The summed E-state index contributed by atoms with van der Waals surface area (Å²) in [6.07, 6.45) is 2.10. The van der Waals surface area contributed by atoms with Crippen LogP contribution in [0.15, 0.2) is 41.9 Å². The van der Waals surface area contributed by atoms with Crippen molar-refractivity contribution >= 4 is 17.6 Å². The van der Waals surface area contributed by atoms with Crippen LogP contribution in [0.5, 0.6) is 0 Å². The lowest BCUT2D eigenvalue weighted by Crippen LogP contribution is -1.98. The van der Waals surface area contributed by atoms with Crippen molar-refractivity contribution in [1.29, 1.82) is 0 Å². The molecule has 3 aromatic rings. The van der Waals surface area contributed by atoms with Gasteiger partial charge in [-0.3, -0.25) is 4.79 Å². The maximum atomic E-state index is 13.7. The van der Waals surface area contributed by atoms with E-state index >= 15 is 0 Å². The van der Waals surface area contributed by atoms with Gasteiger partial charge in [-0.05, 0) is 23.6 Å². The Labute approximate surface area is 117 Å². The highest BCUT2D eigenvalue weighted by molar-refractivity contribution is 7.13. The average Bonchev–Trinajstić information content (AvgIpc) is 3.07. The number of nitrogens with zero attached hydrogens (tertiary/aromatic N) is 2. The van der Waals surface area contributed by atoms with Crippen LogP contribution in [0.1, 0.15) is 10.4 Å². The Bertz CT molecular complexity index is 766. The van der Waals surface area contributed by atoms with Gasteiger partial charge in [0.2, 0.25) is 0 Å². The fourth-order valence-electron chi connectivity index (χ4n) is 1.87. The van der Waals surface area contributed by atoms with E-state index in [9.17, 15) is 13.6 Å². The number of carbonyl (C=O) groups is 1. The SMILES string of the molecule is O=Cc1cn(-c2ccc(F)cc2F)nc1-c1cccs1. The van der Waals surface area contributed by atoms with E-state index in [2.05, 4.69) is 5.10 Å². The van der Waals surface area contributed by atoms with E-state index in [1.807, 2.05) is 17.5 Å². The van der Waals surface area contributed by atoms with E-state index in [0.29, 0.717) is 17.5 Å². The van der Waals surface area contributed by atoms with Crippen molar-refractivity contribution in [3.8, 4) is 16.3 Å². The zero-order chi connectivity index (χ0) is 14.1. The highest BCUT2D eigenvalue weighted by Gasteiger charge is 2.14. The first-order valence-electron chi connectivity index (χ1n) is 5.73. The van der Waals surface area contributed by atoms with Gasteiger partial charge in [-0.25, -0.2) is 13.5 Å². The standard InChI is InChI=1S/C14H8F2N2OS/c15-10-3-4-12(11(16)6-10)18-7-9(8-19)14(17-18)13-2-1-5-20-13/h1-8H. The summed E-state index contributed by atoms with van der Waals surface area (Å²) in [6.45, 7) is 0. The molecule has 1 aromatic carbocycles. The fraction of sp³-hybridized carbons (Fsp3) is 0. The Morgan fingerprint density at radius 1 is 1.25 bits per heavy atom. The summed E-state index contributed by atoms with van der Waals surface area (Å²) in [5.41, 5.74) is 0.937. The molecule has 0 spiro atoms. The van der Waals surface area contributed by atoms with Crippen molar-refractivity contribution in [1.82, 2.24) is 9.78 Å². The van der Waals surface area contributed by atoms with Gasteiger partial charge < -0.3 is 0 Å². The van der Waals surface area contributed by atoms with Gasteiger partial charge in [-0.2, -0.15) is 5.10 Å². The van der Waals surface area contributed by atoms with Crippen LogP contribution in [0.4, 0.5) is 8.78 Å². The second-order valence-corrected chi connectivity index (χ2v) is 5.02. The van der Waals surface area contributed by atoms with Gasteiger partial charge in [0.1, 0.15) is 17.2 Å². The largest absolute Gasteiger partial charge is 0.298 e. The summed E-state index contributed by atoms with van der Waals surface area (Å²) in [6, 6.07) is 6.87. The highest BCUT2D eigenvalue weighted by Crippen LogP contribution is 2.27. The molecule has 0 radical (unpaired) electrons. The molecule has 2 aromatic heterocycles. The summed E-state index contributed by atoms with van der Waals surface area (Å²) in [7, 11) is 0. The first kappa shape index (κ1) is 12.7. The zero-order valence-corrected chi connectivity index (χ0v) is 10.9. The van der Waals surface area contributed by atoms with Crippen LogP contribution in [0.25, 0.3) is 16.3 Å². The van der Waals surface area contributed by atoms with E-state index in [1.54, 1.807) is 0 Å². The average molecular weight is 290 g/mol. The molecule has 0 fully saturated rings. The second-order valence-electron chi connectivity index (χ2n) is 4.07. The van der Waals surface area contributed by atoms with Crippen molar-refractivity contribution in [2.45, 2.75) is 0 Å². The molecule has 100 valence electrons. The third kappa shape index (κ3) is 2.14. The number of hydrogen-bond donors (Lipinski definition) is 0. The molecule has 20 heavy (non-hydrogen) atoms. The van der Waals surface area contributed by atoms with Gasteiger partial charge >= 0.3 is 0 Å². The smallest absolute Gasteiger partial charge is 0.153 e. The van der Waals surface area contributed by atoms with Crippen LogP contribution >= 0.6 is 11.3 Å². The Kier molecular flexibility index (Phi) is 3.15. The topological polar surface area (TPSA) is 34.9 Å². The van der Waals surface area contributed by atoms with Crippen LogP contribution in [0, 0.1) is 11.6 Å². The quantitative estimate of drug-likeness (QED) is 0.689. The molecule has 0 saturated carbocycles. The highest BCUT2D eigenvalue weighted by atomic mass is 32.1. The third-order valence-electron chi connectivity index (χ3n) is 2.78. The minimum atomic E-state index is -0.734. The van der Waals surface area contributed by atoms with Crippen LogP contribution in [0.2, 0.25) is 0 Å². The fourth-order valence-corrected chi connectivity index (χ4v) is 2.60. The monoisotopic (exact) mass is 290 g/mol. The summed E-state index contributed by atoms with van der Waals surface area (Å²) in [5.74, 6) is -1.39. The van der Waals surface area contributed by atoms with Crippen LogP contribution < -0.4 is 0 Å². The van der Waals surface area contributed by atoms with E-state index in [1.165, 1.54) is 28.3 Å².